The van der Waals surface area contributed by atoms with Crippen LogP contribution in [0.2, 0.25) is 5.02 Å². The number of hydrogen-bond donors (Lipinski definition) is 0. The molecule has 1 unspecified atom stereocenters. The van der Waals surface area contributed by atoms with Gasteiger partial charge < -0.3 is 14.5 Å². The summed E-state index contributed by atoms with van der Waals surface area (Å²) >= 11 is 6.05. The van der Waals surface area contributed by atoms with Crippen molar-refractivity contribution in [2.24, 2.45) is 23.2 Å². The van der Waals surface area contributed by atoms with Crippen molar-refractivity contribution >= 4 is 29.4 Å². The molecule has 34 heavy (non-hydrogen) atoms. The van der Waals surface area contributed by atoms with Crippen LogP contribution in [0.4, 0.5) is 4.39 Å². The van der Waals surface area contributed by atoms with E-state index in [1.54, 1.807) is 11.0 Å². The average Bonchev–Trinajstić information content (AvgIpc) is 3.28. The van der Waals surface area contributed by atoms with Crippen LogP contribution in [0.1, 0.15) is 56.9 Å². The molecule has 1 aliphatic heterocycles. The van der Waals surface area contributed by atoms with Crippen LogP contribution in [-0.4, -0.2) is 53.8 Å². The summed E-state index contributed by atoms with van der Waals surface area (Å²) in [5.41, 5.74) is -0.0818. The molecule has 6 rings (SSSR count). The van der Waals surface area contributed by atoms with Gasteiger partial charge in [-0.15, -0.1) is 0 Å². The first-order chi connectivity index (χ1) is 16.3. The molecule has 1 saturated heterocycles. The lowest BCUT2D eigenvalue weighted by Gasteiger charge is -2.56. The van der Waals surface area contributed by atoms with E-state index in [4.69, 9.17) is 16.3 Å². The molecule has 1 atom stereocenters. The summed E-state index contributed by atoms with van der Waals surface area (Å²) in [6.45, 7) is 0.0965. The molecule has 0 radical (unpaired) electrons. The van der Waals surface area contributed by atoms with E-state index in [-0.39, 0.29) is 28.5 Å². The number of benzene rings is 1. The second kappa shape index (κ2) is 9.14. The minimum absolute atomic E-state index is 0.0258. The monoisotopic (exact) mass is 490 g/mol. The Hall–Kier alpha value is -2.15. The summed E-state index contributed by atoms with van der Waals surface area (Å²) in [7, 11) is 1.51. The summed E-state index contributed by atoms with van der Waals surface area (Å²) in [4.78, 5) is 42.2. The standard InChI is InChI=1S/C26H32ClFN2O4/c1-29(14-19-20(27)4-2-5-21(19)28)23(31)15-34-24(32)22-6-3-7-30(22)25(33)26-11-16-8-17(12-26)10-18(9-16)13-26/h2,4-5,16-18,22H,3,6-15H2,1H3. The quantitative estimate of drug-likeness (QED) is 0.561. The highest BCUT2D eigenvalue weighted by Gasteiger charge is 2.57. The summed E-state index contributed by atoms with van der Waals surface area (Å²) < 4.78 is 19.4. The second-order valence-electron chi connectivity index (χ2n) is 10.9. The number of carbonyl (C=O) groups is 3. The van der Waals surface area contributed by atoms with Crippen LogP contribution < -0.4 is 0 Å². The molecular weight excluding hydrogens is 459 g/mol. The van der Waals surface area contributed by atoms with Crippen LogP contribution >= 0.6 is 11.6 Å². The number of carbonyl (C=O) groups excluding carboxylic acids is 3. The zero-order chi connectivity index (χ0) is 24.0. The number of esters is 1. The van der Waals surface area contributed by atoms with Gasteiger partial charge in [-0.1, -0.05) is 17.7 Å². The van der Waals surface area contributed by atoms with E-state index in [2.05, 4.69) is 0 Å². The van der Waals surface area contributed by atoms with E-state index in [0.29, 0.717) is 30.7 Å². The number of amides is 2. The SMILES string of the molecule is CN(Cc1c(F)cccc1Cl)C(=O)COC(=O)C1CCCN1C(=O)C12CC3CC(CC(C3)C1)C2. The Bertz CT molecular complexity index is 943. The molecule has 184 valence electrons. The van der Waals surface area contributed by atoms with Gasteiger partial charge in [0.2, 0.25) is 5.91 Å². The summed E-state index contributed by atoms with van der Waals surface area (Å²) in [6.07, 6.45) is 7.96. The second-order valence-corrected chi connectivity index (χ2v) is 11.3. The van der Waals surface area contributed by atoms with Gasteiger partial charge in [-0.05, 0) is 81.3 Å². The summed E-state index contributed by atoms with van der Waals surface area (Å²) in [6, 6.07) is 3.73. The van der Waals surface area contributed by atoms with E-state index in [1.165, 1.54) is 43.3 Å². The smallest absolute Gasteiger partial charge is 0.329 e. The highest BCUT2D eigenvalue weighted by atomic mass is 35.5. The van der Waals surface area contributed by atoms with Crippen LogP contribution in [0.25, 0.3) is 0 Å². The maximum Gasteiger partial charge on any atom is 0.329 e. The maximum atomic E-state index is 14.0. The van der Waals surface area contributed by atoms with Crippen molar-refractivity contribution in [3.8, 4) is 0 Å². The zero-order valence-corrected chi connectivity index (χ0v) is 20.4. The lowest BCUT2D eigenvalue weighted by Crippen LogP contribution is -2.56. The zero-order valence-electron chi connectivity index (χ0n) is 19.6. The molecule has 4 aliphatic carbocycles. The van der Waals surface area contributed by atoms with Gasteiger partial charge in [0, 0.05) is 30.7 Å². The molecule has 5 aliphatic rings. The highest BCUT2D eigenvalue weighted by molar-refractivity contribution is 6.31. The Morgan fingerprint density at radius 1 is 1.15 bits per heavy atom. The lowest BCUT2D eigenvalue weighted by atomic mass is 9.49. The van der Waals surface area contributed by atoms with Crippen molar-refractivity contribution in [1.82, 2.24) is 9.80 Å². The van der Waals surface area contributed by atoms with Crippen molar-refractivity contribution in [2.45, 2.75) is 64.0 Å². The van der Waals surface area contributed by atoms with Gasteiger partial charge in [-0.2, -0.15) is 0 Å². The Kier molecular flexibility index (Phi) is 6.34. The third kappa shape index (κ3) is 4.32. The Labute approximate surface area is 204 Å². The van der Waals surface area contributed by atoms with Gasteiger partial charge in [-0.3, -0.25) is 9.59 Å². The normalized spacial score (nSPS) is 31.6. The Morgan fingerprint density at radius 3 is 2.41 bits per heavy atom. The molecule has 6 nitrogen and oxygen atoms in total. The summed E-state index contributed by atoms with van der Waals surface area (Å²) in [5.74, 6) is 0.612. The van der Waals surface area contributed by atoms with Crippen LogP contribution in [0, 0.1) is 29.0 Å². The van der Waals surface area contributed by atoms with E-state index in [9.17, 15) is 18.8 Å². The molecule has 1 aromatic carbocycles. The van der Waals surface area contributed by atoms with Crippen molar-refractivity contribution in [2.75, 3.05) is 20.2 Å². The van der Waals surface area contributed by atoms with E-state index in [1.807, 2.05) is 0 Å². The summed E-state index contributed by atoms with van der Waals surface area (Å²) in [5, 5.41) is 0.237. The molecule has 0 spiro atoms. The number of likely N-dealkylation sites (N-methyl/N-ethyl adjacent to an activating group) is 1. The Balaban J connectivity index is 1.18. The van der Waals surface area contributed by atoms with Gasteiger partial charge in [0.25, 0.3) is 5.91 Å². The van der Waals surface area contributed by atoms with Gasteiger partial charge >= 0.3 is 5.97 Å². The average molecular weight is 491 g/mol. The van der Waals surface area contributed by atoms with Crippen LogP contribution in [0.3, 0.4) is 0 Å². The van der Waals surface area contributed by atoms with Crippen LogP contribution in [-0.2, 0) is 25.7 Å². The molecular formula is C26H32ClFN2O4. The third-order valence-corrected chi connectivity index (χ3v) is 8.85. The van der Waals surface area contributed by atoms with Gasteiger partial charge in [0.05, 0.1) is 5.41 Å². The molecule has 1 heterocycles. The van der Waals surface area contributed by atoms with Crippen LogP contribution in [0.5, 0.6) is 0 Å². The molecule has 1 aromatic rings. The van der Waals surface area contributed by atoms with Gasteiger partial charge in [0.1, 0.15) is 11.9 Å². The first-order valence-corrected chi connectivity index (χ1v) is 12.8. The number of rotatable bonds is 6. The van der Waals surface area contributed by atoms with E-state index < -0.39 is 30.3 Å². The third-order valence-electron chi connectivity index (χ3n) is 8.50. The molecule has 0 aromatic heterocycles. The van der Waals surface area contributed by atoms with Crippen molar-refractivity contribution < 1.29 is 23.5 Å². The molecule has 0 N–H and O–H groups in total. The van der Waals surface area contributed by atoms with Crippen molar-refractivity contribution in [1.29, 1.82) is 0 Å². The molecule has 8 heteroatoms. The van der Waals surface area contributed by atoms with Gasteiger partial charge in [0.15, 0.2) is 6.61 Å². The Morgan fingerprint density at radius 2 is 1.79 bits per heavy atom. The van der Waals surface area contributed by atoms with E-state index in [0.717, 1.165) is 25.7 Å². The van der Waals surface area contributed by atoms with Crippen molar-refractivity contribution in [3.05, 3.63) is 34.6 Å². The van der Waals surface area contributed by atoms with Crippen molar-refractivity contribution in [3.63, 3.8) is 0 Å². The molecule has 4 bridgehead atoms. The minimum Gasteiger partial charge on any atom is -0.454 e. The topological polar surface area (TPSA) is 66.9 Å². The fraction of sp³-hybridized carbons (Fsp3) is 0.654. The lowest BCUT2D eigenvalue weighted by molar-refractivity contribution is -0.166. The first-order valence-electron chi connectivity index (χ1n) is 12.4. The van der Waals surface area contributed by atoms with E-state index >= 15 is 0 Å². The molecule has 2 amide bonds. The minimum atomic E-state index is -0.625. The molecule has 5 fully saturated rings. The largest absolute Gasteiger partial charge is 0.454 e. The predicted molar refractivity (Wildman–Crippen MR) is 124 cm³/mol. The number of likely N-dealkylation sites (tertiary alicyclic amines) is 1. The number of nitrogens with zero attached hydrogens (tertiary/aromatic N) is 2. The predicted octanol–water partition coefficient (Wildman–Crippen LogP) is 4.19. The molecule has 4 saturated carbocycles. The van der Waals surface area contributed by atoms with Crippen LogP contribution in [0.15, 0.2) is 18.2 Å². The number of hydrogen-bond acceptors (Lipinski definition) is 4. The number of halogens is 2. The fourth-order valence-electron chi connectivity index (χ4n) is 7.28. The highest BCUT2D eigenvalue weighted by Crippen LogP contribution is 2.60. The van der Waals surface area contributed by atoms with Gasteiger partial charge in [-0.25, -0.2) is 9.18 Å². The maximum absolute atomic E-state index is 14.0. The number of ether oxygens (including phenoxy) is 1. The fourth-order valence-corrected chi connectivity index (χ4v) is 7.50. The first kappa shape index (κ1) is 23.6.